The SMILES string of the molecule is CCNC1CCN(CC(=O)NC(C)(C)C)CC1C. The van der Waals surface area contributed by atoms with Gasteiger partial charge in [-0.05, 0) is 39.7 Å². The van der Waals surface area contributed by atoms with Gasteiger partial charge in [-0.15, -0.1) is 0 Å². The minimum atomic E-state index is -0.134. The summed E-state index contributed by atoms with van der Waals surface area (Å²) in [5, 5.41) is 6.54. The third-order valence-electron chi connectivity index (χ3n) is 3.34. The molecule has 2 unspecified atom stereocenters. The second-order valence-electron chi connectivity index (χ2n) is 6.46. The molecule has 1 saturated heterocycles. The highest BCUT2D eigenvalue weighted by molar-refractivity contribution is 5.78. The van der Waals surface area contributed by atoms with E-state index in [0.29, 0.717) is 18.5 Å². The Morgan fingerprint density at radius 1 is 1.39 bits per heavy atom. The molecule has 1 rings (SSSR count). The molecule has 1 amide bonds. The van der Waals surface area contributed by atoms with E-state index >= 15 is 0 Å². The molecule has 0 saturated carbocycles. The first kappa shape index (κ1) is 15.4. The Morgan fingerprint density at radius 3 is 2.56 bits per heavy atom. The second kappa shape index (κ2) is 6.53. The summed E-state index contributed by atoms with van der Waals surface area (Å²) in [7, 11) is 0. The monoisotopic (exact) mass is 255 g/mol. The molecular weight excluding hydrogens is 226 g/mol. The van der Waals surface area contributed by atoms with E-state index in [1.807, 2.05) is 20.8 Å². The summed E-state index contributed by atoms with van der Waals surface area (Å²) in [4.78, 5) is 14.1. The van der Waals surface area contributed by atoms with Crippen LogP contribution >= 0.6 is 0 Å². The Kier molecular flexibility index (Phi) is 5.60. The fourth-order valence-corrected chi connectivity index (χ4v) is 2.60. The fourth-order valence-electron chi connectivity index (χ4n) is 2.60. The second-order valence-corrected chi connectivity index (χ2v) is 6.46. The average molecular weight is 255 g/mol. The summed E-state index contributed by atoms with van der Waals surface area (Å²) >= 11 is 0. The molecule has 106 valence electrons. The van der Waals surface area contributed by atoms with Crippen LogP contribution in [-0.2, 0) is 4.79 Å². The molecule has 0 spiro atoms. The molecule has 1 heterocycles. The quantitative estimate of drug-likeness (QED) is 0.794. The van der Waals surface area contributed by atoms with Gasteiger partial charge in [0.15, 0.2) is 0 Å². The van der Waals surface area contributed by atoms with E-state index in [2.05, 4.69) is 29.4 Å². The van der Waals surface area contributed by atoms with Gasteiger partial charge in [-0.25, -0.2) is 0 Å². The first-order valence-electron chi connectivity index (χ1n) is 7.08. The molecule has 1 aliphatic heterocycles. The van der Waals surface area contributed by atoms with Gasteiger partial charge in [-0.3, -0.25) is 9.69 Å². The van der Waals surface area contributed by atoms with Gasteiger partial charge in [0.2, 0.25) is 5.91 Å². The molecule has 0 aromatic heterocycles. The summed E-state index contributed by atoms with van der Waals surface area (Å²) in [5.41, 5.74) is -0.134. The summed E-state index contributed by atoms with van der Waals surface area (Å²) in [6.45, 7) is 14.0. The number of hydrogen-bond acceptors (Lipinski definition) is 3. The number of carbonyl (C=O) groups is 1. The Labute approximate surface area is 111 Å². The van der Waals surface area contributed by atoms with E-state index in [0.717, 1.165) is 26.1 Å². The molecule has 0 bridgehead atoms. The summed E-state index contributed by atoms with van der Waals surface area (Å²) in [5.74, 6) is 0.748. The third kappa shape index (κ3) is 5.36. The zero-order chi connectivity index (χ0) is 13.8. The van der Waals surface area contributed by atoms with E-state index in [-0.39, 0.29) is 11.4 Å². The zero-order valence-electron chi connectivity index (χ0n) is 12.5. The first-order valence-corrected chi connectivity index (χ1v) is 7.08. The summed E-state index contributed by atoms with van der Waals surface area (Å²) < 4.78 is 0. The van der Waals surface area contributed by atoms with Crippen molar-refractivity contribution < 1.29 is 4.79 Å². The molecule has 2 atom stereocenters. The summed E-state index contributed by atoms with van der Waals surface area (Å²) in [6, 6.07) is 0.608. The smallest absolute Gasteiger partial charge is 0.234 e. The average Bonchev–Trinajstić information content (AvgIpc) is 2.19. The summed E-state index contributed by atoms with van der Waals surface area (Å²) in [6.07, 6.45) is 1.14. The maximum Gasteiger partial charge on any atom is 0.234 e. The van der Waals surface area contributed by atoms with Gasteiger partial charge >= 0.3 is 0 Å². The van der Waals surface area contributed by atoms with Crippen molar-refractivity contribution in [3.63, 3.8) is 0 Å². The number of amides is 1. The van der Waals surface area contributed by atoms with Gasteiger partial charge in [0.25, 0.3) is 0 Å². The molecule has 4 nitrogen and oxygen atoms in total. The van der Waals surface area contributed by atoms with E-state index in [1.165, 1.54) is 0 Å². The lowest BCUT2D eigenvalue weighted by atomic mass is 9.94. The van der Waals surface area contributed by atoms with Gasteiger partial charge in [0, 0.05) is 24.7 Å². The van der Waals surface area contributed by atoms with Gasteiger partial charge < -0.3 is 10.6 Å². The topological polar surface area (TPSA) is 44.4 Å². The van der Waals surface area contributed by atoms with Crippen molar-refractivity contribution in [2.75, 3.05) is 26.2 Å². The third-order valence-corrected chi connectivity index (χ3v) is 3.34. The van der Waals surface area contributed by atoms with Gasteiger partial charge in [-0.1, -0.05) is 13.8 Å². The number of rotatable bonds is 4. The minimum Gasteiger partial charge on any atom is -0.350 e. The van der Waals surface area contributed by atoms with Crippen LogP contribution in [0.15, 0.2) is 0 Å². The van der Waals surface area contributed by atoms with Crippen LogP contribution in [0, 0.1) is 5.92 Å². The highest BCUT2D eigenvalue weighted by Crippen LogP contribution is 2.16. The van der Waals surface area contributed by atoms with Crippen molar-refractivity contribution in [3.8, 4) is 0 Å². The van der Waals surface area contributed by atoms with Crippen LogP contribution in [0.4, 0.5) is 0 Å². The number of piperidine rings is 1. The number of hydrogen-bond donors (Lipinski definition) is 2. The normalized spacial score (nSPS) is 26.1. The predicted molar refractivity (Wildman–Crippen MR) is 75.6 cm³/mol. The fraction of sp³-hybridized carbons (Fsp3) is 0.929. The molecule has 4 heteroatoms. The van der Waals surface area contributed by atoms with Crippen LogP contribution in [0.5, 0.6) is 0 Å². The lowest BCUT2D eigenvalue weighted by Gasteiger charge is -2.37. The maximum atomic E-state index is 11.9. The van der Waals surface area contributed by atoms with Gasteiger partial charge in [0.05, 0.1) is 6.54 Å². The van der Waals surface area contributed by atoms with Crippen LogP contribution in [0.25, 0.3) is 0 Å². The predicted octanol–water partition coefficient (Wildman–Crippen LogP) is 1.22. The molecule has 2 N–H and O–H groups in total. The highest BCUT2D eigenvalue weighted by atomic mass is 16.2. The molecule has 0 radical (unpaired) electrons. The van der Waals surface area contributed by atoms with Crippen molar-refractivity contribution in [2.24, 2.45) is 5.92 Å². The van der Waals surface area contributed by atoms with Crippen molar-refractivity contribution in [2.45, 2.75) is 52.6 Å². The van der Waals surface area contributed by atoms with Crippen molar-refractivity contribution in [3.05, 3.63) is 0 Å². The van der Waals surface area contributed by atoms with Crippen LogP contribution in [0.3, 0.4) is 0 Å². The van der Waals surface area contributed by atoms with Crippen molar-refractivity contribution in [1.29, 1.82) is 0 Å². The van der Waals surface area contributed by atoms with Crippen LogP contribution in [-0.4, -0.2) is 48.6 Å². The largest absolute Gasteiger partial charge is 0.350 e. The van der Waals surface area contributed by atoms with E-state index in [4.69, 9.17) is 0 Å². The molecule has 0 aromatic rings. The van der Waals surface area contributed by atoms with E-state index in [1.54, 1.807) is 0 Å². The Balaban J connectivity index is 2.35. The van der Waals surface area contributed by atoms with Crippen LogP contribution < -0.4 is 10.6 Å². The van der Waals surface area contributed by atoms with Crippen molar-refractivity contribution in [1.82, 2.24) is 15.5 Å². The Hall–Kier alpha value is -0.610. The maximum absolute atomic E-state index is 11.9. The number of nitrogens with zero attached hydrogens (tertiary/aromatic N) is 1. The standard InChI is InChI=1S/C14H29N3O/c1-6-15-12-7-8-17(9-11(12)2)10-13(18)16-14(3,4)5/h11-12,15H,6-10H2,1-5H3,(H,16,18). The lowest BCUT2D eigenvalue weighted by molar-refractivity contribution is -0.124. The van der Waals surface area contributed by atoms with Crippen molar-refractivity contribution >= 4 is 5.91 Å². The number of likely N-dealkylation sites (tertiary alicyclic amines) is 1. The molecule has 1 fully saturated rings. The zero-order valence-corrected chi connectivity index (χ0v) is 12.5. The van der Waals surface area contributed by atoms with Crippen LogP contribution in [0.1, 0.15) is 41.0 Å². The van der Waals surface area contributed by atoms with E-state index in [9.17, 15) is 4.79 Å². The molecule has 0 aromatic carbocycles. The molecule has 18 heavy (non-hydrogen) atoms. The molecular formula is C14H29N3O. The Bertz CT molecular complexity index is 273. The van der Waals surface area contributed by atoms with Gasteiger partial charge in [-0.2, -0.15) is 0 Å². The number of carbonyl (C=O) groups excluding carboxylic acids is 1. The Morgan fingerprint density at radius 2 is 2.06 bits per heavy atom. The van der Waals surface area contributed by atoms with Crippen LogP contribution in [0.2, 0.25) is 0 Å². The number of nitrogens with one attached hydrogen (secondary N) is 2. The molecule has 1 aliphatic rings. The first-order chi connectivity index (χ1) is 8.31. The lowest BCUT2D eigenvalue weighted by Crippen LogP contribution is -2.52. The molecule has 0 aliphatic carbocycles. The highest BCUT2D eigenvalue weighted by Gasteiger charge is 2.26. The van der Waals surface area contributed by atoms with E-state index < -0.39 is 0 Å². The minimum absolute atomic E-state index is 0.134. The van der Waals surface area contributed by atoms with Gasteiger partial charge in [0.1, 0.15) is 0 Å².